The van der Waals surface area contributed by atoms with Crippen molar-refractivity contribution in [3.05, 3.63) is 71.4 Å². The summed E-state index contributed by atoms with van der Waals surface area (Å²) < 4.78 is 1.78. The highest BCUT2D eigenvalue weighted by Crippen LogP contribution is 2.41. The summed E-state index contributed by atoms with van der Waals surface area (Å²) in [5.74, 6) is 1.17. The molecule has 1 aromatic heterocycles. The van der Waals surface area contributed by atoms with Crippen LogP contribution in [0.2, 0.25) is 0 Å². The Bertz CT molecular complexity index is 1510. The molecule has 3 saturated heterocycles. The minimum atomic E-state index is -0.350. The molecule has 2 unspecified atom stereocenters. The maximum Gasteiger partial charge on any atom is 0.324 e. The Morgan fingerprint density at radius 2 is 1.70 bits per heavy atom. The third-order valence-electron chi connectivity index (χ3n) is 9.09. The van der Waals surface area contributed by atoms with E-state index in [9.17, 15) is 14.4 Å². The zero-order valence-electron chi connectivity index (χ0n) is 25.5. The van der Waals surface area contributed by atoms with Gasteiger partial charge in [0.25, 0.3) is 0 Å². The van der Waals surface area contributed by atoms with Gasteiger partial charge >= 0.3 is 6.03 Å². The number of carbonyl (C=O) groups excluding carboxylic acids is 3. The molecular weight excluding hydrogens is 540 g/mol. The second-order valence-corrected chi connectivity index (χ2v) is 13.5. The molecule has 2 aromatic carbocycles. The fourth-order valence-corrected chi connectivity index (χ4v) is 6.90. The number of rotatable bonds is 6. The Morgan fingerprint density at radius 3 is 2.35 bits per heavy atom. The van der Waals surface area contributed by atoms with Crippen molar-refractivity contribution in [2.75, 3.05) is 10.6 Å². The molecule has 3 aliphatic rings. The van der Waals surface area contributed by atoms with Gasteiger partial charge in [0.2, 0.25) is 11.8 Å². The van der Waals surface area contributed by atoms with Crippen LogP contribution in [0.4, 0.5) is 16.3 Å². The fraction of sp³-hybridized carbons (Fsp3) is 0.471. The molecule has 2 bridgehead atoms. The molecule has 3 fully saturated rings. The van der Waals surface area contributed by atoms with Crippen LogP contribution in [0.15, 0.2) is 54.6 Å². The highest BCUT2D eigenvalue weighted by molar-refractivity contribution is 5.99. The second-order valence-electron chi connectivity index (χ2n) is 13.5. The first kappa shape index (κ1) is 29.0. The van der Waals surface area contributed by atoms with Gasteiger partial charge in [-0.05, 0) is 81.2 Å². The minimum Gasteiger partial charge on any atom is -0.344 e. The highest BCUT2D eigenvalue weighted by Gasteiger charge is 2.45. The van der Waals surface area contributed by atoms with Gasteiger partial charge in [0, 0.05) is 35.7 Å². The van der Waals surface area contributed by atoms with Crippen LogP contribution < -0.4 is 16.0 Å². The van der Waals surface area contributed by atoms with Crippen LogP contribution >= 0.6 is 0 Å². The number of amides is 4. The van der Waals surface area contributed by atoms with E-state index in [-0.39, 0.29) is 41.4 Å². The van der Waals surface area contributed by atoms with Crippen LogP contribution in [0.1, 0.15) is 76.1 Å². The van der Waals surface area contributed by atoms with Crippen LogP contribution in [0.5, 0.6) is 0 Å². The maximum atomic E-state index is 13.2. The van der Waals surface area contributed by atoms with Crippen LogP contribution in [0.25, 0.3) is 5.69 Å². The molecule has 226 valence electrons. The van der Waals surface area contributed by atoms with E-state index < -0.39 is 0 Å². The SMILES string of the molecule is Cc1ccc(-n2nc(C(C)(C)C)cc2NC(=O)Nc2cccc(CC3CC4CCC(C3)N4C(=O)[C@@H]3CCC(=O)N3)c2)cc1. The van der Waals surface area contributed by atoms with Crippen LogP contribution in [0.3, 0.4) is 0 Å². The quantitative estimate of drug-likeness (QED) is 0.346. The molecule has 3 aliphatic heterocycles. The second kappa shape index (κ2) is 11.5. The van der Waals surface area contributed by atoms with Gasteiger partial charge in [0.15, 0.2) is 0 Å². The summed E-state index contributed by atoms with van der Waals surface area (Å²) in [6.07, 6.45) is 5.97. The highest BCUT2D eigenvalue weighted by atomic mass is 16.2. The van der Waals surface area contributed by atoms with Crippen LogP contribution in [-0.2, 0) is 21.4 Å². The first-order valence-electron chi connectivity index (χ1n) is 15.5. The summed E-state index contributed by atoms with van der Waals surface area (Å²) in [7, 11) is 0. The van der Waals surface area contributed by atoms with Crippen LogP contribution in [0, 0.1) is 12.8 Å². The van der Waals surface area contributed by atoms with Crippen molar-refractivity contribution >= 4 is 29.4 Å². The van der Waals surface area contributed by atoms with Gasteiger partial charge in [0.1, 0.15) is 11.9 Å². The first-order valence-corrected chi connectivity index (χ1v) is 15.5. The Kier molecular flexibility index (Phi) is 7.75. The number of aryl methyl sites for hydroxylation is 1. The number of hydrogen-bond acceptors (Lipinski definition) is 4. The number of benzene rings is 2. The Balaban J connectivity index is 1.10. The topological polar surface area (TPSA) is 108 Å². The van der Waals surface area contributed by atoms with E-state index in [0.29, 0.717) is 24.6 Å². The molecule has 0 saturated carbocycles. The van der Waals surface area contributed by atoms with Gasteiger partial charge in [-0.2, -0.15) is 5.10 Å². The molecule has 0 radical (unpaired) electrons. The predicted octanol–water partition coefficient (Wildman–Crippen LogP) is 5.71. The number of piperidine rings is 1. The monoisotopic (exact) mass is 582 g/mol. The molecule has 43 heavy (non-hydrogen) atoms. The van der Waals surface area contributed by atoms with Gasteiger partial charge in [0.05, 0.1) is 11.4 Å². The van der Waals surface area contributed by atoms with Crippen molar-refractivity contribution in [3.63, 3.8) is 0 Å². The molecule has 4 amide bonds. The Hall–Kier alpha value is -4.14. The van der Waals surface area contributed by atoms with Crippen LogP contribution in [-0.4, -0.2) is 50.7 Å². The molecule has 0 aliphatic carbocycles. The lowest BCUT2D eigenvalue weighted by atomic mass is 9.85. The van der Waals surface area contributed by atoms with Crippen molar-refractivity contribution in [3.8, 4) is 5.69 Å². The summed E-state index contributed by atoms with van der Waals surface area (Å²) in [5, 5.41) is 13.7. The first-order chi connectivity index (χ1) is 20.5. The average Bonchev–Trinajstić information content (AvgIpc) is 3.65. The summed E-state index contributed by atoms with van der Waals surface area (Å²) in [5.41, 5.74) is 4.66. The van der Waals surface area contributed by atoms with E-state index in [1.54, 1.807) is 4.68 Å². The van der Waals surface area contributed by atoms with E-state index in [4.69, 9.17) is 5.10 Å². The van der Waals surface area contributed by atoms with Gasteiger partial charge in [-0.15, -0.1) is 0 Å². The average molecular weight is 583 g/mol. The number of fused-ring (bicyclic) bond motifs is 2. The fourth-order valence-electron chi connectivity index (χ4n) is 6.90. The maximum absolute atomic E-state index is 13.2. The summed E-state index contributed by atoms with van der Waals surface area (Å²) in [4.78, 5) is 40.1. The zero-order valence-corrected chi connectivity index (χ0v) is 25.5. The Morgan fingerprint density at radius 1 is 0.977 bits per heavy atom. The number of urea groups is 1. The summed E-state index contributed by atoms with van der Waals surface area (Å²) >= 11 is 0. The predicted molar refractivity (Wildman–Crippen MR) is 167 cm³/mol. The number of hydrogen-bond donors (Lipinski definition) is 3. The summed E-state index contributed by atoms with van der Waals surface area (Å²) in [6, 6.07) is 17.9. The van der Waals surface area contributed by atoms with Gasteiger partial charge in [-0.1, -0.05) is 50.6 Å². The number of nitrogens with zero attached hydrogens (tertiary/aromatic N) is 3. The number of aromatic nitrogens is 2. The molecule has 6 rings (SSSR count). The standard InChI is InChI=1S/C34H42N6O3/c1-21-8-10-25(11-9-21)40-30(20-29(38-40)34(2,3)4)37-33(43)35-24-7-5-6-22(17-24)16-23-18-26-12-13-27(19-23)39(26)32(42)28-14-15-31(41)36-28/h5-11,17,20,23,26-28H,12-16,18-19H2,1-4H3,(H,36,41)(H2,35,37,43)/t23?,26?,27?,28-/m0/s1. The molecule has 0 spiro atoms. The number of nitrogens with one attached hydrogen (secondary N) is 3. The Labute approximate surface area is 253 Å². The molecule has 4 heterocycles. The molecule has 3 N–H and O–H groups in total. The molecule has 9 heteroatoms. The van der Waals surface area contributed by atoms with Crippen molar-refractivity contribution in [1.82, 2.24) is 20.0 Å². The van der Waals surface area contributed by atoms with E-state index in [1.807, 2.05) is 55.5 Å². The minimum absolute atomic E-state index is 0.0192. The lowest BCUT2D eigenvalue weighted by Gasteiger charge is -2.40. The summed E-state index contributed by atoms with van der Waals surface area (Å²) in [6.45, 7) is 8.35. The lowest BCUT2D eigenvalue weighted by Crippen LogP contribution is -2.53. The van der Waals surface area contributed by atoms with Gasteiger partial charge in [-0.25, -0.2) is 9.48 Å². The third kappa shape index (κ3) is 6.31. The van der Waals surface area contributed by atoms with Crippen molar-refractivity contribution in [2.24, 2.45) is 5.92 Å². The van der Waals surface area contributed by atoms with Gasteiger partial charge in [-0.3, -0.25) is 14.9 Å². The molecular formula is C34H42N6O3. The number of anilines is 2. The molecule has 3 atom stereocenters. The molecule has 3 aromatic rings. The van der Waals surface area contributed by atoms with E-state index in [0.717, 1.165) is 54.7 Å². The van der Waals surface area contributed by atoms with Gasteiger partial charge < -0.3 is 15.5 Å². The molecule has 9 nitrogen and oxygen atoms in total. The zero-order chi connectivity index (χ0) is 30.3. The van der Waals surface area contributed by atoms with Crippen molar-refractivity contribution in [1.29, 1.82) is 0 Å². The van der Waals surface area contributed by atoms with E-state index >= 15 is 0 Å². The van der Waals surface area contributed by atoms with E-state index in [2.05, 4.69) is 47.7 Å². The van der Waals surface area contributed by atoms with E-state index in [1.165, 1.54) is 5.56 Å². The largest absolute Gasteiger partial charge is 0.344 e. The normalized spacial score (nSPS) is 23.3. The van der Waals surface area contributed by atoms with Crippen molar-refractivity contribution < 1.29 is 14.4 Å². The third-order valence-corrected chi connectivity index (χ3v) is 9.09. The lowest BCUT2D eigenvalue weighted by molar-refractivity contribution is -0.139. The number of carbonyl (C=O) groups is 3. The van der Waals surface area contributed by atoms with Crippen molar-refractivity contribution in [2.45, 2.75) is 96.2 Å². The smallest absolute Gasteiger partial charge is 0.324 e.